The fraction of sp³-hybridized carbons (Fsp3) is 0.281. The van der Waals surface area contributed by atoms with Gasteiger partial charge < -0.3 is 25.5 Å². The van der Waals surface area contributed by atoms with E-state index in [-0.39, 0.29) is 18.2 Å². The minimum Gasteiger partial charge on any atom is -0.481 e. The molecule has 4 rings (SSSR count). The first-order valence-corrected chi connectivity index (χ1v) is 14.0. The van der Waals surface area contributed by atoms with Crippen molar-refractivity contribution in [1.29, 1.82) is 0 Å². The zero-order valence-corrected chi connectivity index (χ0v) is 25.0. The van der Waals surface area contributed by atoms with Crippen LogP contribution in [0.3, 0.4) is 0 Å². The topological polar surface area (TPSA) is 105 Å². The van der Waals surface area contributed by atoms with Gasteiger partial charge in [0.15, 0.2) is 0 Å². The van der Waals surface area contributed by atoms with Gasteiger partial charge in [0.1, 0.15) is 0 Å². The van der Waals surface area contributed by atoms with Crippen molar-refractivity contribution in [2.75, 3.05) is 63.4 Å². The maximum atomic E-state index is 13.2. The Hall–Kier alpha value is -4.18. The molecule has 1 aliphatic rings. The molecule has 0 aliphatic carbocycles. The van der Waals surface area contributed by atoms with Gasteiger partial charge in [-0.3, -0.25) is 19.3 Å². The van der Waals surface area contributed by atoms with Crippen LogP contribution in [-0.2, 0) is 20.8 Å². The summed E-state index contributed by atoms with van der Waals surface area (Å²) in [6.07, 6.45) is 0.452. The smallest absolute Gasteiger partial charge is 0.303 e. The van der Waals surface area contributed by atoms with Crippen LogP contribution in [0.2, 0.25) is 5.02 Å². The predicted octanol–water partition coefficient (Wildman–Crippen LogP) is 4.75. The monoisotopic (exact) mass is 589 g/mol. The average Bonchev–Trinajstić information content (AvgIpc) is 3.28. The fourth-order valence-electron chi connectivity index (χ4n) is 4.61. The second-order valence-corrected chi connectivity index (χ2v) is 11.1. The quantitative estimate of drug-likeness (QED) is 0.262. The molecule has 3 aromatic rings. The summed E-state index contributed by atoms with van der Waals surface area (Å²) in [4.78, 5) is 42.8. The van der Waals surface area contributed by atoms with Gasteiger partial charge in [0, 0.05) is 48.5 Å². The molecule has 9 nitrogen and oxygen atoms in total. The van der Waals surface area contributed by atoms with E-state index in [1.807, 2.05) is 80.6 Å². The number of likely N-dealkylation sites (N-methyl/N-ethyl adjacent to an activating group) is 3. The van der Waals surface area contributed by atoms with Gasteiger partial charge in [-0.1, -0.05) is 41.9 Å². The number of amides is 2. The summed E-state index contributed by atoms with van der Waals surface area (Å²) in [7, 11) is 7.70. The Morgan fingerprint density at radius 1 is 0.929 bits per heavy atom. The molecule has 42 heavy (non-hydrogen) atoms. The molecule has 220 valence electrons. The second kappa shape index (κ2) is 13.7. The Morgan fingerprint density at radius 2 is 1.62 bits per heavy atom. The number of halogens is 1. The Kier molecular flexibility index (Phi) is 10.0. The van der Waals surface area contributed by atoms with E-state index >= 15 is 0 Å². The average molecular weight is 590 g/mol. The lowest BCUT2D eigenvalue weighted by molar-refractivity contribution is -0.137. The number of hydrogen-bond acceptors (Lipinski definition) is 6. The highest BCUT2D eigenvalue weighted by molar-refractivity contribution is 6.38. The van der Waals surface area contributed by atoms with Crippen molar-refractivity contribution < 1.29 is 19.5 Å². The number of carboxylic acid groups (broad SMARTS) is 1. The number of anilines is 3. The molecular weight excluding hydrogens is 554 g/mol. The van der Waals surface area contributed by atoms with Crippen LogP contribution in [0, 0.1) is 0 Å². The number of carboxylic acids is 1. The Balaban J connectivity index is 1.60. The van der Waals surface area contributed by atoms with E-state index < -0.39 is 5.97 Å². The normalized spacial score (nSPS) is 13.6. The number of carbonyl (C=O) groups excluding carboxylic acids is 2. The molecule has 1 heterocycles. The highest BCUT2D eigenvalue weighted by Gasteiger charge is 2.28. The third-order valence-electron chi connectivity index (χ3n) is 7.08. The van der Waals surface area contributed by atoms with Crippen LogP contribution in [0.25, 0.3) is 11.3 Å². The van der Waals surface area contributed by atoms with E-state index in [0.717, 1.165) is 41.2 Å². The van der Waals surface area contributed by atoms with Crippen LogP contribution in [0.1, 0.15) is 23.1 Å². The molecule has 0 saturated heterocycles. The molecule has 0 spiro atoms. The highest BCUT2D eigenvalue weighted by Crippen LogP contribution is 2.39. The number of benzene rings is 3. The number of fused-ring (bicyclic) bond motifs is 1. The van der Waals surface area contributed by atoms with E-state index in [1.54, 1.807) is 24.1 Å². The molecule has 3 aromatic carbocycles. The van der Waals surface area contributed by atoms with Crippen LogP contribution in [0.4, 0.5) is 17.1 Å². The number of nitrogens with zero attached hydrogens (tertiary/aromatic N) is 3. The van der Waals surface area contributed by atoms with Crippen LogP contribution in [0.5, 0.6) is 0 Å². The van der Waals surface area contributed by atoms with Crippen molar-refractivity contribution in [3.05, 3.63) is 88.4 Å². The summed E-state index contributed by atoms with van der Waals surface area (Å²) in [5, 5.41) is 15.9. The molecule has 0 unspecified atom stereocenters. The van der Waals surface area contributed by atoms with Crippen molar-refractivity contribution in [3.8, 4) is 0 Å². The van der Waals surface area contributed by atoms with Crippen molar-refractivity contribution in [3.63, 3.8) is 0 Å². The molecule has 0 atom stereocenters. The van der Waals surface area contributed by atoms with Crippen molar-refractivity contribution in [2.24, 2.45) is 0 Å². The van der Waals surface area contributed by atoms with Crippen molar-refractivity contribution >= 4 is 57.7 Å². The number of nitrogens with one attached hydrogen (secondary N) is 2. The third kappa shape index (κ3) is 7.76. The number of aryl methyl sites for hydroxylation is 1. The van der Waals surface area contributed by atoms with Gasteiger partial charge in [0.25, 0.3) is 5.91 Å². The molecule has 10 heteroatoms. The lowest BCUT2D eigenvalue weighted by atomic mass is 9.98. The van der Waals surface area contributed by atoms with Gasteiger partial charge in [0.2, 0.25) is 5.91 Å². The van der Waals surface area contributed by atoms with E-state index in [4.69, 9.17) is 16.7 Å². The van der Waals surface area contributed by atoms with Crippen molar-refractivity contribution in [2.45, 2.75) is 12.8 Å². The fourth-order valence-corrected chi connectivity index (χ4v) is 4.78. The first-order chi connectivity index (χ1) is 20.0. The molecule has 2 amide bonds. The largest absolute Gasteiger partial charge is 0.481 e. The Morgan fingerprint density at radius 3 is 2.26 bits per heavy atom. The number of hydrogen-bond donors (Lipinski definition) is 3. The zero-order valence-electron chi connectivity index (χ0n) is 24.3. The van der Waals surface area contributed by atoms with Crippen LogP contribution < -0.4 is 15.5 Å². The molecule has 0 bridgehead atoms. The molecular formula is C32H36ClN5O4. The summed E-state index contributed by atoms with van der Waals surface area (Å²) < 4.78 is 0. The SMILES string of the molecule is CN(C)CCN(C)CC(=O)N(C)c1ccc(N/C(=C2\C(=O)Nc3cc(Cl)ccc32)c2ccc(CCC(=O)O)cc2)cc1. The first-order valence-electron chi connectivity index (χ1n) is 13.7. The molecule has 1 aliphatic heterocycles. The summed E-state index contributed by atoms with van der Waals surface area (Å²) in [6, 6.07) is 20.2. The van der Waals surface area contributed by atoms with Gasteiger partial charge >= 0.3 is 5.97 Å². The summed E-state index contributed by atoms with van der Waals surface area (Å²) in [5.41, 5.74) is 5.55. The lowest BCUT2D eigenvalue weighted by Crippen LogP contribution is -2.39. The van der Waals surface area contributed by atoms with Gasteiger partial charge in [-0.05, 0) is 75.1 Å². The van der Waals surface area contributed by atoms with E-state index in [0.29, 0.717) is 34.9 Å². The van der Waals surface area contributed by atoms with Gasteiger partial charge in [-0.2, -0.15) is 0 Å². The number of aliphatic carboxylic acids is 1. The Labute approximate surface area is 251 Å². The first kappa shape index (κ1) is 30.8. The van der Waals surface area contributed by atoms with Crippen LogP contribution in [-0.4, -0.2) is 80.5 Å². The highest BCUT2D eigenvalue weighted by atomic mass is 35.5. The minimum atomic E-state index is -0.853. The summed E-state index contributed by atoms with van der Waals surface area (Å²) in [5.74, 6) is -1.13. The van der Waals surface area contributed by atoms with Crippen molar-refractivity contribution in [1.82, 2.24) is 9.80 Å². The van der Waals surface area contributed by atoms with Gasteiger partial charge in [0.05, 0.1) is 23.5 Å². The standard InChI is InChI=1S/C32H36ClN5O4/c1-36(2)17-18-37(3)20-28(39)38(4)25-13-11-24(12-14-25)34-31(22-8-5-21(6-9-22)7-16-29(40)41)30-26-15-10-23(33)19-27(26)35-32(30)42/h5-6,8-15,19,34H,7,16-18,20H2,1-4H3,(H,35,42)(H,40,41)/b31-30-. The maximum absolute atomic E-state index is 13.2. The third-order valence-corrected chi connectivity index (χ3v) is 7.31. The van der Waals surface area contributed by atoms with Gasteiger partial charge in [-0.15, -0.1) is 0 Å². The predicted molar refractivity (Wildman–Crippen MR) is 169 cm³/mol. The molecule has 0 radical (unpaired) electrons. The molecule has 0 aromatic heterocycles. The summed E-state index contributed by atoms with van der Waals surface area (Å²) >= 11 is 6.18. The molecule has 0 fully saturated rings. The van der Waals surface area contributed by atoms with Crippen LogP contribution in [0.15, 0.2) is 66.7 Å². The number of carbonyl (C=O) groups is 3. The van der Waals surface area contributed by atoms with Gasteiger partial charge in [-0.25, -0.2) is 0 Å². The summed E-state index contributed by atoms with van der Waals surface area (Å²) in [6.45, 7) is 1.96. The molecule has 3 N–H and O–H groups in total. The van der Waals surface area contributed by atoms with E-state index in [2.05, 4.69) is 15.5 Å². The lowest BCUT2D eigenvalue weighted by Gasteiger charge is -2.23. The minimum absolute atomic E-state index is 0.0133. The maximum Gasteiger partial charge on any atom is 0.303 e. The second-order valence-electron chi connectivity index (χ2n) is 10.7. The number of rotatable bonds is 12. The Bertz CT molecular complexity index is 1490. The zero-order chi connectivity index (χ0) is 30.4. The van der Waals surface area contributed by atoms with E-state index in [1.165, 1.54) is 0 Å². The van der Waals surface area contributed by atoms with Crippen LogP contribution >= 0.6 is 11.6 Å². The van der Waals surface area contributed by atoms with E-state index in [9.17, 15) is 14.4 Å². The molecule has 0 saturated carbocycles.